The van der Waals surface area contributed by atoms with Crippen molar-refractivity contribution in [3.63, 3.8) is 0 Å². The number of benzene rings is 1. The Hall–Kier alpha value is -1.50. The largest absolute Gasteiger partial charge is 0.478 e. The lowest BCUT2D eigenvalue weighted by atomic mass is 9.32. The molecule has 0 bridgehead atoms. The number of carboxylic acid groups (broad SMARTS) is 1. The Morgan fingerprint density at radius 1 is 0.860 bits per heavy atom. The van der Waals surface area contributed by atoms with Crippen LogP contribution in [-0.2, 0) is 10.8 Å². The summed E-state index contributed by atoms with van der Waals surface area (Å²) in [5, 5.41) is 9.49. The van der Waals surface area contributed by atoms with Crippen LogP contribution in [0.15, 0.2) is 30.3 Å². The van der Waals surface area contributed by atoms with Crippen molar-refractivity contribution < 1.29 is 14.1 Å². The molecular weight excluding hydrogens is 637 g/mol. The van der Waals surface area contributed by atoms with E-state index in [0.29, 0.717) is 33.1 Å². The first-order chi connectivity index (χ1) is 23.8. The summed E-state index contributed by atoms with van der Waals surface area (Å²) in [5.74, 6) is 4.05. The molecule has 1 saturated heterocycles. The second kappa shape index (κ2) is 12.8. The molecule has 5 saturated carbocycles. The van der Waals surface area contributed by atoms with E-state index >= 15 is 0 Å². The molecule has 8 rings (SSSR count). The van der Waals surface area contributed by atoms with Gasteiger partial charge >= 0.3 is 5.97 Å². The molecule has 0 aromatic heterocycles. The molecule has 6 heteroatoms. The summed E-state index contributed by atoms with van der Waals surface area (Å²) in [6.45, 7) is 19.1. The SMILES string of the molecule is CC1(C)C(c2ccc(C(=O)O)cc2)=CCC2(C)C1CCC1(C)C2CCC2C3CCCC3(CN(CCCN3CCS(=O)CC3)C3CC3)CC[C@]21C. The van der Waals surface area contributed by atoms with Gasteiger partial charge in [-0.3, -0.25) is 9.11 Å². The number of carbonyl (C=O) groups is 1. The zero-order valence-corrected chi connectivity index (χ0v) is 32.8. The molecule has 1 N–H and O–H groups in total. The average molecular weight is 703 g/mol. The topological polar surface area (TPSA) is 60.9 Å². The third-order valence-corrected chi connectivity index (χ3v) is 18.6. The van der Waals surface area contributed by atoms with Gasteiger partial charge in [0.25, 0.3) is 0 Å². The first-order valence-electron chi connectivity index (χ1n) is 20.7. The van der Waals surface area contributed by atoms with E-state index in [-0.39, 0.29) is 5.41 Å². The van der Waals surface area contributed by atoms with E-state index < -0.39 is 16.8 Å². The summed E-state index contributed by atoms with van der Waals surface area (Å²) in [6, 6.07) is 8.52. The molecule has 0 radical (unpaired) electrons. The van der Waals surface area contributed by atoms with Gasteiger partial charge in [-0.25, -0.2) is 4.79 Å². The number of hydrogen-bond donors (Lipinski definition) is 1. The number of aromatic carboxylic acids is 1. The average Bonchev–Trinajstić information content (AvgIpc) is 3.85. The van der Waals surface area contributed by atoms with E-state index in [1.54, 1.807) is 12.1 Å². The number of allylic oxidation sites excluding steroid dienone is 2. The Kier molecular flexibility index (Phi) is 9.11. The molecule has 7 unspecified atom stereocenters. The maximum Gasteiger partial charge on any atom is 0.335 e. The zero-order valence-electron chi connectivity index (χ0n) is 32.0. The molecule has 1 aromatic rings. The number of hydrogen-bond acceptors (Lipinski definition) is 4. The van der Waals surface area contributed by atoms with Crippen LogP contribution in [0.1, 0.15) is 134 Å². The predicted octanol–water partition coefficient (Wildman–Crippen LogP) is 9.15. The molecule has 6 fully saturated rings. The number of rotatable bonds is 9. The Bertz CT molecular complexity index is 1510. The highest BCUT2D eigenvalue weighted by Crippen LogP contribution is 2.77. The molecule has 8 atom stereocenters. The molecule has 0 spiro atoms. The Balaban J connectivity index is 1.00. The zero-order chi connectivity index (χ0) is 35.1. The quantitative estimate of drug-likeness (QED) is 0.278. The van der Waals surface area contributed by atoms with Crippen molar-refractivity contribution in [2.24, 2.45) is 50.7 Å². The van der Waals surface area contributed by atoms with Crippen molar-refractivity contribution in [1.29, 1.82) is 0 Å². The fraction of sp³-hybridized carbons (Fsp3) is 0.795. The number of fused-ring (bicyclic) bond motifs is 7. The lowest BCUT2D eigenvalue weighted by molar-refractivity contribution is -0.224. The van der Waals surface area contributed by atoms with E-state index in [0.717, 1.165) is 54.8 Å². The van der Waals surface area contributed by atoms with Crippen molar-refractivity contribution in [2.75, 3.05) is 44.2 Å². The van der Waals surface area contributed by atoms with Crippen LogP contribution in [0.4, 0.5) is 0 Å². The van der Waals surface area contributed by atoms with Gasteiger partial charge in [-0.1, -0.05) is 59.2 Å². The predicted molar refractivity (Wildman–Crippen MR) is 206 cm³/mol. The summed E-state index contributed by atoms with van der Waals surface area (Å²) in [4.78, 5) is 17.1. The van der Waals surface area contributed by atoms with Gasteiger partial charge in [0.1, 0.15) is 0 Å². The highest BCUT2D eigenvalue weighted by molar-refractivity contribution is 7.85. The maximum atomic E-state index is 11.9. The maximum absolute atomic E-state index is 11.9. The van der Waals surface area contributed by atoms with Crippen LogP contribution in [0.2, 0.25) is 0 Å². The summed E-state index contributed by atoms with van der Waals surface area (Å²) in [5.41, 5.74) is 4.70. The van der Waals surface area contributed by atoms with Gasteiger partial charge in [-0.15, -0.1) is 0 Å². The molecule has 7 aliphatic rings. The Labute approximate surface area is 305 Å². The lowest BCUT2D eigenvalue weighted by Gasteiger charge is -2.72. The first-order valence-corrected chi connectivity index (χ1v) is 22.2. The van der Waals surface area contributed by atoms with Crippen LogP contribution in [-0.4, -0.2) is 75.4 Å². The summed E-state index contributed by atoms with van der Waals surface area (Å²) < 4.78 is 11.9. The molecule has 1 aliphatic heterocycles. The molecule has 0 amide bonds. The lowest BCUT2D eigenvalue weighted by Crippen LogP contribution is -2.65. The van der Waals surface area contributed by atoms with Crippen molar-refractivity contribution in [3.05, 3.63) is 41.5 Å². The van der Waals surface area contributed by atoms with Crippen LogP contribution >= 0.6 is 0 Å². The third kappa shape index (κ3) is 5.65. The van der Waals surface area contributed by atoms with Gasteiger partial charge in [0.05, 0.1) is 5.56 Å². The van der Waals surface area contributed by atoms with Crippen LogP contribution in [0.5, 0.6) is 0 Å². The monoisotopic (exact) mass is 702 g/mol. The number of nitrogens with zero attached hydrogens (tertiary/aromatic N) is 2. The van der Waals surface area contributed by atoms with Crippen molar-refractivity contribution in [2.45, 2.75) is 124 Å². The summed E-state index contributed by atoms with van der Waals surface area (Å²) in [6.07, 6.45) is 20.5. The minimum atomic E-state index is -0.848. The molecule has 276 valence electrons. The van der Waals surface area contributed by atoms with Crippen LogP contribution < -0.4 is 0 Å². The van der Waals surface area contributed by atoms with Gasteiger partial charge in [-0.2, -0.15) is 0 Å². The Morgan fingerprint density at radius 3 is 2.30 bits per heavy atom. The third-order valence-electron chi connectivity index (χ3n) is 17.3. The molecule has 1 aromatic carbocycles. The van der Waals surface area contributed by atoms with Gasteiger partial charge < -0.3 is 10.0 Å². The summed E-state index contributed by atoms with van der Waals surface area (Å²) >= 11 is 0. The highest BCUT2D eigenvalue weighted by atomic mass is 32.2. The molecular formula is C44H66N2O3S. The minimum absolute atomic E-state index is 0.0586. The molecule has 1 heterocycles. The van der Waals surface area contributed by atoms with E-state index in [4.69, 9.17) is 0 Å². The highest BCUT2D eigenvalue weighted by Gasteiger charge is 2.69. The van der Waals surface area contributed by atoms with Gasteiger partial charge in [0.15, 0.2) is 0 Å². The van der Waals surface area contributed by atoms with Crippen molar-refractivity contribution >= 4 is 22.3 Å². The summed E-state index contributed by atoms with van der Waals surface area (Å²) in [7, 11) is -0.583. The van der Waals surface area contributed by atoms with Crippen LogP contribution in [0, 0.1) is 50.7 Å². The minimum Gasteiger partial charge on any atom is -0.478 e. The normalized spacial score (nSPS) is 41.5. The van der Waals surface area contributed by atoms with Crippen molar-refractivity contribution in [3.8, 4) is 0 Å². The molecule has 5 nitrogen and oxygen atoms in total. The van der Waals surface area contributed by atoms with Crippen LogP contribution in [0.25, 0.3) is 5.57 Å². The van der Waals surface area contributed by atoms with E-state index in [2.05, 4.69) is 62.6 Å². The van der Waals surface area contributed by atoms with Gasteiger partial charge in [-0.05, 0) is 164 Å². The smallest absolute Gasteiger partial charge is 0.335 e. The Morgan fingerprint density at radius 2 is 1.60 bits per heavy atom. The van der Waals surface area contributed by atoms with Gasteiger partial charge in [0, 0.05) is 48.0 Å². The van der Waals surface area contributed by atoms with Crippen molar-refractivity contribution in [1.82, 2.24) is 9.80 Å². The van der Waals surface area contributed by atoms with Gasteiger partial charge in [0.2, 0.25) is 0 Å². The first kappa shape index (κ1) is 35.5. The van der Waals surface area contributed by atoms with E-state index in [9.17, 15) is 14.1 Å². The molecule has 6 aliphatic carbocycles. The van der Waals surface area contributed by atoms with Crippen LogP contribution in [0.3, 0.4) is 0 Å². The molecule has 50 heavy (non-hydrogen) atoms. The number of carboxylic acids is 1. The fourth-order valence-electron chi connectivity index (χ4n) is 14.5. The second-order valence-corrected chi connectivity index (χ2v) is 21.4. The fourth-order valence-corrected chi connectivity index (χ4v) is 15.6. The van der Waals surface area contributed by atoms with E-state index in [1.165, 1.54) is 108 Å². The standard InChI is InChI=1S/C44H66N2O3S/c1-40(2)34(31-9-11-32(12-10-31)39(47)48)17-20-41(3)37(40)18-21-43(5)38(41)16-15-35-36-8-6-19-44(36,23-22-42(35,43)4)30-46(33-13-14-33)25-7-24-45-26-28-50(49)29-27-45/h9-12,17,33,35-38H,6-8,13-16,18-30H2,1-5H3,(H,47,48)/t35?,36?,37?,38?,41?,42-,43?,44?/m1/s1. The second-order valence-electron chi connectivity index (χ2n) is 19.7. The van der Waals surface area contributed by atoms with E-state index in [1.807, 2.05) is 0 Å².